The first-order valence-corrected chi connectivity index (χ1v) is 7.44. The maximum absolute atomic E-state index is 13.2. The number of halogens is 1. The first kappa shape index (κ1) is 18.2. The summed E-state index contributed by atoms with van der Waals surface area (Å²) in [7, 11) is 1.35. The van der Waals surface area contributed by atoms with E-state index < -0.39 is 22.3 Å². The Morgan fingerprint density at radius 2 is 2.00 bits per heavy atom. The Morgan fingerprint density at radius 1 is 1.28 bits per heavy atom. The minimum atomic E-state index is -0.704. The molecule has 7 nitrogen and oxygen atoms in total. The number of carbonyl (C=O) groups excluding carboxylic acids is 1. The number of nitro benzene ring substituents is 1. The van der Waals surface area contributed by atoms with Gasteiger partial charge >= 0.3 is 0 Å². The minimum Gasteiger partial charge on any atom is -0.493 e. The number of aryl methyl sites for hydroxylation is 1. The van der Waals surface area contributed by atoms with Crippen LogP contribution in [0.2, 0.25) is 0 Å². The van der Waals surface area contributed by atoms with E-state index in [1.807, 2.05) is 0 Å². The lowest BCUT2D eigenvalue weighted by Crippen LogP contribution is -2.15. The van der Waals surface area contributed by atoms with Gasteiger partial charge in [-0.15, -0.1) is 0 Å². The van der Waals surface area contributed by atoms with E-state index in [9.17, 15) is 19.3 Å². The Morgan fingerprint density at radius 3 is 2.56 bits per heavy atom. The number of carbonyl (C=O) groups is 1. The molecule has 0 radical (unpaired) electrons. The number of hydrogen-bond donors (Lipinski definition) is 1. The molecule has 2 aromatic rings. The van der Waals surface area contributed by atoms with Gasteiger partial charge in [-0.05, 0) is 37.6 Å². The second-order valence-electron chi connectivity index (χ2n) is 5.12. The van der Waals surface area contributed by atoms with Gasteiger partial charge in [-0.25, -0.2) is 4.39 Å². The van der Waals surface area contributed by atoms with E-state index in [0.717, 1.165) is 6.07 Å². The van der Waals surface area contributed by atoms with E-state index in [2.05, 4.69) is 5.32 Å². The van der Waals surface area contributed by atoms with Gasteiger partial charge in [0.15, 0.2) is 11.5 Å². The Balaban J connectivity index is 2.46. The third kappa shape index (κ3) is 4.03. The van der Waals surface area contributed by atoms with Gasteiger partial charge < -0.3 is 14.8 Å². The number of benzene rings is 2. The molecule has 1 amide bonds. The number of ether oxygens (including phenoxy) is 2. The number of anilines is 1. The van der Waals surface area contributed by atoms with E-state index in [4.69, 9.17) is 9.47 Å². The maximum Gasteiger partial charge on any atom is 0.286 e. The summed E-state index contributed by atoms with van der Waals surface area (Å²) in [6.45, 7) is 3.65. The molecule has 0 heterocycles. The molecule has 0 aliphatic rings. The van der Waals surface area contributed by atoms with Crippen LogP contribution in [0.5, 0.6) is 11.5 Å². The first-order valence-electron chi connectivity index (χ1n) is 7.44. The quantitative estimate of drug-likeness (QED) is 0.635. The van der Waals surface area contributed by atoms with Crippen molar-refractivity contribution in [2.45, 2.75) is 13.8 Å². The summed E-state index contributed by atoms with van der Waals surface area (Å²) in [6, 6.07) is 6.23. The van der Waals surface area contributed by atoms with Crippen molar-refractivity contribution < 1.29 is 23.6 Å². The molecule has 0 atom stereocenters. The lowest BCUT2D eigenvalue weighted by Gasteiger charge is -2.13. The minimum absolute atomic E-state index is 0.156. The van der Waals surface area contributed by atoms with Crippen LogP contribution in [-0.4, -0.2) is 24.5 Å². The Kier molecular flexibility index (Phi) is 5.53. The van der Waals surface area contributed by atoms with Crippen molar-refractivity contribution in [3.63, 3.8) is 0 Å². The summed E-state index contributed by atoms with van der Waals surface area (Å²) in [5, 5.41) is 13.9. The van der Waals surface area contributed by atoms with Gasteiger partial charge in [0, 0.05) is 11.8 Å². The molecule has 0 aliphatic heterocycles. The predicted octanol–water partition coefficient (Wildman–Crippen LogP) is 3.70. The Bertz CT molecular complexity index is 823. The fraction of sp³-hybridized carbons (Fsp3) is 0.235. The van der Waals surface area contributed by atoms with Crippen molar-refractivity contribution in [3.8, 4) is 11.5 Å². The van der Waals surface area contributed by atoms with Crippen LogP contribution in [0.3, 0.4) is 0 Å². The molecular formula is C17H17FN2O5. The lowest BCUT2D eigenvalue weighted by molar-refractivity contribution is -0.385. The average Bonchev–Trinajstić information content (AvgIpc) is 2.57. The Hall–Kier alpha value is -3.16. The second kappa shape index (κ2) is 7.61. The highest BCUT2D eigenvalue weighted by atomic mass is 19.1. The summed E-state index contributed by atoms with van der Waals surface area (Å²) in [4.78, 5) is 23.2. The molecule has 0 aromatic heterocycles. The van der Waals surface area contributed by atoms with Crippen LogP contribution in [0, 0.1) is 22.9 Å². The van der Waals surface area contributed by atoms with Crippen LogP contribution < -0.4 is 14.8 Å². The summed E-state index contributed by atoms with van der Waals surface area (Å²) in [5.74, 6) is -0.769. The number of nitrogens with zero attached hydrogens (tertiary/aromatic N) is 1. The number of amides is 1. The number of hydrogen-bond acceptors (Lipinski definition) is 5. The van der Waals surface area contributed by atoms with E-state index >= 15 is 0 Å². The summed E-state index contributed by atoms with van der Waals surface area (Å²) in [6.07, 6.45) is 0. The number of nitro groups is 1. The predicted molar refractivity (Wildman–Crippen MR) is 89.9 cm³/mol. The van der Waals surface area contributed by atoms with Gasteiger partial charge in [0.25, 0.3) is 11.6 Å². The number of nitrogens with one attached hydrogen (secondary N) is 1. The fourth-order valence-corrected chi connectivity index (χ4v) is 2.27. The zero-order valence-electron chi connectivity index (χ0n) is 14.0. The molecule has 132 valence electrons. The molecule has 0 bridgehead atoms. The highest BCUT2D eigenvalue weighted by Gasteiger charge is 2.25. The zero-order chi connectivity index (χ0) is 18.6. The molecule has 25 heavy (non-hydrogen) atoms. The van der Waals surface area contributed by atoms with Crippen LogP contribution in [0.4, 0.5) is 15.8 Å². The van der Waals surface area contributed by atoms with Crippen LogP contribution in [0.15, 0.2) is 30.3 Å². The summed E-state index contributed by atoms with van der Waals surface area (Å²) in [5.41, 5.74) is 0.250. The van der Waals surface area contributed by atoms with Crippen LogP contribution in [-0.2, 0) is 0 Å². The molecule has 2 aromatic carbocycles. The molecule has 0 saturated carbocycles. The van der Waals surface area contributed by atoms with E-state index in [0.29, 0.717) is 17.9 Å². The largest absolute Gasteiger partial charge is 0.493 e. The molecule has 0 spiro atoms. The number of rotatable bonds is 6. The summed E-state index contributed by atoms with van der Waals surface area (Å²) >= 11 is 0. The van der Waals surface area contributed by atoms with Crippen LogP contribution in [0.1, 0.15) is 22.8 Å². The fourth-order valence-electron chi connectivity index (χ4n) is 2.27. The van der Waals surface area contributed by atoms with Crippen molar-refractivity contribution in [2.24, 2.45) is 0 Å². The third-order valence-corrected chi connectivity index (χ3v) is 3.46. The summed E-state index contributed by atoms with van der Waals surface area (Å²) < 4.78 is 23.6. The molecule has 0 fully saturated rings. The van der Waals surface area contributed by atoms with Gasteiger partial charge in [0.2, 0.25) is 0 Å². The standard InChI is InChI=1S/C17H17FN2O5/c1-4-25-16-8-12(14(20(22)23)9-15(16)24-3)17(21)19-13-6-5-11(18)7-10(13)2/h5-9H,4H2,1-3H3,(H,19,21). The smallest absolute Gasteiger partial charge is 0.286 e. The van der Waals surface area contributed by atoms with Gasteiger partial charge in [-0.3, -0.25) is 14.9 Å². The van der Waals surface area contributed by atoms with Crippen molar-refractivity contribution in [1.82, 2.24) is 0 Å². The van der Waals surface area contributed by atoms with Crippen molar-refractivity contribution in [3.05, 3.63) is 57.4 Å². The molecular weight excluding hydrogens is 331 g/mol. The van der Waals surface area contributed by atoms with Gasteiger partial charge in [-0.1, -0.05) is 0 Å². The second-order valence-corrected chi connectivity index (χ2v) is 5.12. The first-order chi connectivity index (χ1) is 11.9. The van der Waals surface area contributed by atoms with E-state index in [1.165, 1.54) is 31.4 Å². The van der Waals surface area contributed by atoms with Gasteiger partial charge in [-0.2, -0.15) is 0 Å². The molecule has 2 rings (SSSR count). The molecule has 0 aliphatic carbocycles. The zero-order valence-corrected chi connectivity index (χ0v) is 14.0. The van der Waals surface area contributed by atoms with E-state index in [-0.39, 0.29) is 17.1 Å². The normalized spacial score (nSPS) is 10.2. The van der Waals surface area contributed by atoms with Crippen LogP contribution in [0.25, 0.3) is 0 Å². The van der Waals surface area contributed by atoms with Crippen LogP contribution >= 0.6 is 0 Å². The molecule has 1 N–H and O–H groups in total. The maximum atomic E-state index is 13.2. The van der Waals surface area contributed by atoms with Gasteiger partial charge in [0.1, 0.15) is 11.4 Å². The molecule has 8 heteroatoms. The van der Waals surface area contributed by atoms with Crippen molar-refractivity contribution >= 4 is 17.3 Å². The number of methoxy groups -OCH3 is 1. The van der Waals surface area contributed by atoms with Gasteiger partial charge in [0.05, 0.1) is 24.7 Å². The average molecular weight is 348 g/mol. The molecule has 0 saturated heterocycles. The van der Waals surface area contributed by atoms with Crippen molar-refractivity contribution in [1.29, 1.82) is 0 Å². The molecule has 0 unspecified atom stereocenters. The Labute approximate surface area is 143 Å². The highest BCUT2D eigenvalue weighted by Crippen LogP contribution is 2.35. The van der Waals surface area contributed by atoms with E-state index in [1.54, 1.807) is 13.8 Å². The van der Waals surface area contributed by atoms with Crippen molar-refractivity contribution in [2.75, 3.05) is 19.0 Å². The SMILES string of the molecule is CCOc1cc(C(=O)Nc2ccc(F)cc2C)c([N+](=O)[O-])cc1OC. The monoisotopic (exact) mass is 348 g/mol. The lowest BCUT2D eigenvalue weighted by atomic mass is 10.1. The third-order valence-electron chi connectivity index (χ3n) is 3.46. The topological polar surface area (TPSA) is 90.7 Å². The highest BCUT2D eigenvalue weighted by molar-refractivity contribution is 6.07.